The minimum Gasteiger partial charge on any atom is -0.234 e. The number of benzene rings is 2. The molecule has 2 aromatic heterocycles. The summed E-state index contributed by atoms with van der Waals surface area (Å²) in [6.45, 7) is 4.61. The van der Waals surface area contributed by atoms with Gasteiger partial charge in [0.05, 0.1) is 26.2 Å². The molecule has 0 spiro atoms. The molecule has 0 aliphatic carbocycles. The van der Waals surface area contributed by atoms with Crippen molar-refractivity contribution in [3.8, 4) is 22.5 Å². The summed E-state index contributed by atoms with van der Waals surface area (Å²) in [5, 5.41) is 0. The number of aryl methyl sites for hydroxylation is 2. The van der Waals surface area contributed by atoms with Gasteiger partial charge in [-0.3, -0.25) is 0 Å². The first kappa shape index (κ1) is 36.0. The minimum absolute atomic E-state index is 1.14. The lowest BCUT2D eigenvalue weighted by Gasteiger charge is -2.17. The van der Waals surface area contributed by atoms with E-state index in [2.05, 4.69) is 91.3 Å². The van der Waals surface area contributed by atoms with Crippen molar-refractivity contribution in [3.05, 3.63) is 84.7 Å². The molecular weight excluding hydrogens is 639 g/mol. The van der Waals surface area contributed by atoms with Gasteiger partial charge in [0.25, 0.3) is 11.6 Å². The van der Waals surface area contributed by atoms with Crippen LogP contribution in [0.25, 0.3) is 22.5 Å². The molecule has 6 rings (SSSR count). The van der Waals surface area contributed by atoms with Gasteiger partial charge in [0, 0.05) is 24.0 Å². The topological polar surface area (TPSA) is 202 Å². The summed E-state index contributed by atoms with van der Waals surface area (Å²) in [5.74, 6) is 3.06. The van der Waals surface area contributed by atoms with Gasteiger partial charge in [-0.15, -0.1) is 20.5 Å². The first-order chi connectivity index (χ1) is 21.9. The van der Waals surface area contributed by atoms with E-state index in [1.54, 1.807) is 0 Å². The van der Waals surface area contributed by atoms with Crippen LogP contribution in [0.1, 0.15) is 63.0 Å². The van der Waals surface area contributed by atoms with Crippen molar-refractivity contribution < 1.29 is 66.9 Å². The Balaban J connectivity index is 0.000000421. The molecule has 0 fully saturated rings. The van der Waals surface area contributed by atoms with Crippen molar-refractivity contribution in [3.63, 3.8) is 0 Å². The van der Waals surface area contributed by atoms with Crippen LogP contribution in [0.15, 0.2) is 73.1 Å². The second-order valence-electron chi connectivity index (χ2n) is 11.4. The van der Waals surface area contributed by atoms with E-state index in [-0.39, 0.29) is 0 Å². The van der Waals surface area contributed by atoms with Gasteiger partial charge in [0.2, 0.25) is 0 Å². The Hall–Kier alpha value is -2.88. The lowest BCUT2D eigenvalue weighted by molar-refractivity contribution is -2.00. The Kier molecular flexibility index (Phi) is 13.1. The van der Waals surface area contributed by atoms with Crippen LogP contribution in [-0.4, -0.2) is 9.13 Å². The molecule has 46 heavy (non-hydrogen) atoms. The highest BCUT2D eigenvalue weighted by atomic mass is 35.7. The molecule has 0 atom stereocenters. The molecule has 250 valence electrons. The predicted octanol–water partition coefficient (Wildman–Crippen LogP) is -3.38. The summed E-state index contributed by atoms with van der Waals surface area (Å²) in [7, 11) is -9.89. The van der Waals surface area contributed by atoms with E-state index >= 15 is 0 Å². The van der Waals surface area contributed by atoms with Crippen molar-refractivity contribution in [2.24, 2.45) is 0 Å². The Bertz CT molecular complexity index is 1380. The Morgan fingerprint density at radius 3 is 1.20 bits per heavy atom. The third kappa shape index (κ3) is 11.4. The van der Waals surface area contributed by atoms with E-state index in [4.69, 9.17) is 37.3 Å². The van der Waals surface area contributed by atoms with Crippen LogP contribution < -0.4 is 46.4 Å². The lowest BCUT2D eigenvalue weighted by atomic mass is 10.1. The molecule has 2 aliphatic heterocycles. The summed E-state index contributed by atoms with van der Waals surface area (Å²) in [4.78, 5) is 0. The minimum atomic E-state index is -4.94. The molecule has 0 saturated heterocycles. The number of hydrogen-bond donors (Lipinski definition) is 0. The van der Waals surface area contributed by atoms with Crippen LogP contribution in [0.2, 0.25) is 0 Å². The molecule has 0 bridgehead atoms. The monoisotopic (exact) mass is 678 g/mol. The molecule has 2 aliphatic rings. The van der Waals surface area contributed by atoms with Gasteiger partial charge in [-0.05, 0) is 51.4 Å². The highest BCUT2D eigenvalue weighted by Crippen LogP contribution is 2.25. The smallest absolute Gasteiger partial charge is 0.234 e. The lowest BCUT2D eigenvalue weighted by Crippen LogP contribution is -2.68. The predicted molar refractivity (Wildman–Crippen MR) is 144 cm³/mol. The average molecular weight is 680 g/mol. The Labute approximate surface area is 273 Å². The number of halogens is 2. The van der Waals surface area contributed by atoms with Crippen LogP contribution in [0, 0.1) is 20.5 Å². The number of unbranched alkanes of at least 4 members (excludes halogenated alkanes) is 3. The van der Waals surface area contributed by atoms with Crippen molar-refractivity contribution in [2.75, 3.05) is 0 Å². The zero-order chi connectivity index (χ0) is 33.2. The molecule has 0 saturated carbocycles. The summed E-state index contributed by atoms with van der Waals surface area (Å²) in [6.07, 6.45) is 17.6. The first-order valence-corrected chi connectivity index (χ1v) is 17.9. The summed E-state index contributed by atoms with van der Waals surface area (Å²) >= 11 is 0. The maximum atomic E-state index is 8.49. The zero-order valence-electron chi connectivity index (χ0n) is 25.6. The average Bonchev–Trinajstić information content (AvgIpc) is 3.57. The second kappa shape index (κ2) is 16.8. The maximum Gasteiger partial charge on any atom is 0.256 e. The van der Waals surface area contributed by atoms with Crippen molar-refractivity contribution in [1.82, 2.24) is 9.13 Å². The fourth-order valence-corrected chi connectivity index (χ4v) is 6.32. The highest BCUT2D eigenvalue weighted by Gasteiger charge is 2.27. The van der Waals surface area contributed by atoms with Crippen LogP contribution in [0.4, 0.5) is 0 Å². The SMILES string of the molecule is [O-][Cl+3]([O-])([O-])[O-].[O-][Cl+3]([O-])([O-])[O-].c1ccc(-c2c[n+]3c(n2CCCCCCn2c(-c4ccccc4)c[n+]4c2CCCC4)CCCC3)cc1. The van der Waals surface area contributed by atoms with E-state index in [1.807, 2.05) is 0 Å². The fourth-order valence-electron chi connectivity index (χ4n) is 6.32. The van der Waals surface area contributed by atoms with Gasteiger partial charge in [-0.1, -0.05) is 60.7 Å². The molecule has 12 nitrogen and oxygen atoms in total. The van der Waals surface area contributed by atoms with Gasteiger partial charge >= 0.3 is 0 Å². The van der Waals surface area contributed by atoms with Gasteiger partial charge in [-0.25, -0.2) is 55.5 Å². The largest absolute Gasteiger partial charge is 0.256 e. The fraction of sp³-hybridized carbons (Fsp3) is 0.438. The molecule has 4 aromatic rings. The number of rotatable bonds is 9. The van der Waals surface area contributed by atoms with Crippen molar-refractivity contribution in [1.29, 1.82) is 0 Å². The zero-order valence-corrected chi connectivity index (χ0v) is 27.2. The number of nitrogens with zero attached hydrogens (tertiary/aromatic N) is 4. The molecule has 0 unspecified atom stereocenters. The van der Waals surface area contributed by atoms with E-state index in [9.17, 15) is 0 Å². The van der Waals surface area contributed by atoms with E-state index in [0.29, 0.717) is 0 Å². The number of imidazole rings is 2. The molecule has 0 N–H and O–H groups in total. The van der Waals surface area contributed by atoms with Crippen LogP contribution in [0.3, 0.4) is 0 Å². The van der Waals surface area contributed by atoms with Crippen LogP contribution in [-0.2, 0) is 39.0 Å². The van der Waals surface area contributed by atoms with E-state index in [0.717, 1.165) is 13.1 Å². The molecule has 4 heterocycles. The summed E-state index contributed by atoms with van der Waals surface area (Å²) < 4.78 is 78.2. The summed E-state index contributed by atoms with van der Waals surface area (Å²) in [6, 6.07) is 21.9. The number of aromatic nitrogens is 4. The Morgan fingerprint density at radius 2 is 0.848 bits per heavy atom. The second-order valence-corrected chi connectivity index (χ2v) is 12.9. The molecule has 0 radical (unpaired) electrons. The van der Waals surface area contributed by atoms with Gasteiger partial charge in [0.15, 0.2) is 11.4 Å². The molecular formula is C32H40Cl2N4O8. The molecule has 14 heteroatoms. The van der Waals surface area contributed by atoms with Gasteiger partial charge < -0.3 is 0 Å². The standard InChI is InChI=1S/C32H40N4.2ClHO4/c1(11-23-35-29(27-15-5-3-6-16-27)25-33-21-13-9-19-31(33)35)2-12-24-36-30(28-17-7-4-8-18-28)26-34-22-14-10-20-32(34)36;2*2-1(3,4)5/h3-8,15-18,25-26H,1-2,9-14,19-24H2;2*(H,2,3,4,5)/q+2;;/p-2. The van der Waals surface area contributed by atoms with Crippen LogP contribution in [0.5, 0.6) is 0 Å². The summed E-state index contributed by atoms with van der Waals surface area (Å²) in [5.41, 5.74) is 5.50. The number of hydrogen-bond acceptors (Lipinski definition) is 8. The highest BCUT2D eigenvalue weighted by molar-refractivity contribution is 5.59. The van der Waals surface area contributed by atoms with Crippen molar-refractivity contribution >= 4 is 0 Å². The molecule has 0 amide bonds. The third-order valence-corrected chi connectivity index (χ3v) is 8.18. The normalized spacial score (nSPS) is 14.3. The van der Waals surface area contributed by atoms with Gasteiger partial charge in [-0.2, -0.15) is 0 Å². The molecule has 2 aromatic carbocycles. The maximum absolute atomic E-state index is 8.49. The third-order valence-electron chi connectivity index (χ3n) is 8.18. The first-order valence-electron chi connectivity index (χ1n) is 15.5. The van der Waals surface area contributed by atoms with Crippen LogP contribution >= 0.6 is 0 Å². The Morgan fingerprint density at radius 1 is 0.500 bits per heavy atom. The quantitative estimate of drug-likeness (QED) is 0.129. The van der Waals surface area contributed by atoms with Gasteiger partial charge in [0.1, 0.15) is 12.4 Å². The number of fused-ring (bicyclic) bond motifs is 2. The van der Waals surface area contributed by atoms with Crippen molar-refractivity contribution in [2.45, 2.75) is 90.4 Å². The van der Waals surface area contributed by atoms with E-state index < -0.39 is 20.5 Å². The van der Waals surface area contributed by atoms with E-state index in [1.165, 1.54) is 111 Å².